The molecular formula is C16H25FN2O. The Morgan fingerprint density at radius 3 is 2.65 bits per heavy atom. The van der Waals surface area contributed by atoms with Crippen LogP contribution < -0.4 is 5.32 Å². The Bertz CT molecular complexity index is 409. The molecule has 0 amide bonds. The van der Waals surface area contributed by atoms with Crippen LogP contribution in [0, 0.1) is 5.82 Å². The van der Waals surface area contributed by atoms with Crippen molar-refractivity contribution >= 4 is 0 Å². The Labute approximate surface area is 120 Å². The van der Waals surface area contributed by atoms with Gasteiger partial charge in [-0.05, 0) is 32.4 Å². The highest BCUT2D eigenvalue weighted by atomic mass is 19.1. The van der Waals surface area contributed by atoms with E-state index in [2.05, 4.69) is 10.2 Å². The van der Waals surface area contributed by atoms with Crippen molar-refractivity contribution in [1.29, 1.82) is 0 Å². The quantitative estimate of drug-likeness (QED) is 0.767. The summed E-state index contributed by atoms with van der Waals surface area (Å²) in [6, 6.07) is 7.59. The largest absolute Gasteiger partial charge is 0.395 e. The van der Waals surface area contributed by atoms with E-state index in [1.807, 2.05) is 19.2 Å². The monoisotopic (exact) mass is 280 g/mol. The lowest BCUT2D eigenvalue weighted by molar-refractivity contribution is 0.0970. The first-order chi connectivity index (χ1) is 9.76. The highest BCUT2D eigenvalue weighted by Crippen LogP contribution is 2.26. The minimum Gasteiger partial charge on any atom is -0.395 e. The molecule has 0 bridgehead atoms. The number of hydrogen-bond donors (Lipinski definition) is 2. The van der Waals surface area contributed by atoms with E-state index in [9.17, 15) is 9.50 Å². The minimum absolute atomic E-state index is 0.0254. The van der Waals surface area contributed by atoms with Gasteiger partial charge in [0.1, 0.15) is 5.82 Å². The number of nitrogens with zero attached hydrogens (tertiary/aromatic N) is 1. The normalized spacial score (nSPS) is 17.2. The summed E-state index contributed by atoms with van der Waals surface area (Å²) in [6.07, 6.45) is 4.59. The van der Waals surface area contributed by atoms with Gasteiger partial charge >= 0.3 is 0 Å². The summed E-state index contributed by atoms with van der Waals surface area (Å²) in [5.74, 6) is -0.149. The maximum atomic E-state index is 13.8. The molecule has 0 heterocycles. The van der Waals surface area contributed by atoms with Gasteiger partial charge in [-0.1, -0.05) is 24.6 Å². The van der Waals surface area contributed by atoms with Gasteiger partial charge in [-0.3, -0.25) is 4.90 Å². The Morgan fingerprint density at radius 2 is 2.10 bits per heavy atom. The molecule has 3 nitrogen and oxygen atoms in total. The molecule has 20 heavy (non-hydrogen) atoms. The predicted octanol–water partition coefficient (Wildman–Crippen LogP) is 2.32. The second kappa shape index (κ2) is 7.72. The number of benzene rings is 1. The third-order valence-corrected chi connectivity index (χ3v) is 4.31. The Balaban J connectivity index is 1.93. The van der Waals surface area contributed by atoms with E-state index in [-0.39, 0.29) is 18.5 Å². The van der Waals surface area contributed by atoms with Gasteiger partial charge in [0.15, 0.2) is 0 Å². The summed E-state index contributed by atoms with van der Waals surface area (Å²) in [6.45, 7) is 1.81. The highest BCUT2D eigenvalue weighted by Gasteiger charge is 2.25. The third kappa shape index (κ3) is 3.78. The molecular weight excluding hydrogens is 255 g/mol. The fourth-order valence-corrected chi connectivity index (χ4v) is 2.87. The maximum absolute atomic E-state index is 13.8. The fourth-order valence-electron chi connectivity index (χ4n) is 2.87. The van der Waals surface area contributed by atoms with Crippen LogP contribution in [0.3, 0.4) is 0 Å². The number of halogens is 1. The van der Waals surface area contributed by atoms with Crippen LogP contribution in [0.15, 0.2) is 24.3 Å². The molecule has 1 atom stereocenters. The maximum Gasteiger partial charge on any atom is 0.127 e. The summed E-state index contributed by atoms with van der Waals surface area (Å²) < 4.78 is 13.8. The lowest BCUT2D eigenvalue weighted by atomic mass is 9.91. The molecule has 1 aromatic carbocycles. The van der Waals surface area contributed by atoms with Crippen molar-refractivity contribution in [3.05, 3.63) is 35.6 Å². The van der Waals surface area contributed by atoms with E-state index in [1.54, 1.807) is 6.07 Å². The molecule has 2 N–H and O–H groups in total. The molecule has 4 heteroatoms. The smallest absolute Gasteiger partial charge is 0.127 e. The summed E-state index contributed by atoms with van der Waals surface area (Å²) in [5, 5.41) is 12.4. The van der Waals surface area contributed by atoms with E-state index < -0.39 is 0 Å². The van der Waals surface area contributed by atoms with E-state index in [1.165, 1.54) is 25.3 Å². The van der Waals surface area contributed by atoms with E-state index in [0.717, 1.165) is 25.1 Å². The minimum atomic E-state index is -0.149. The number of aliphatic hydroxyl groups is 1. The second-order valence-electron chi connectivity index (χ2n) is 5.50. The van der Waals surface area contributed by atoms with Gasteiger partial charge in [-0.25, -0.2) is 4.39 Å². The molecule has 0 radical (unpaired) electrons. The summed E-state index contributed by atoms with van der Waals surface area (Å²) >= 11 is 0. The molecule has 1 saturated carbocycles. The topological polar surface area (TPSA) is 35.5 Å². The van der Waals surface area contributed by atoms with E-state index in [4.69, 9.17) is 0 Å². The molecule has 112 valence electrons. The molecule has 1 aliphatic rings. The molecule has 0 saturated heterocycles. The number of aliphatic hydroxyl groups excluding tert-OH is 1. The molecule has 0 spiro atoms. The number of rotatable bonds is 8. The molecule has 2 rings (SSSR count). The van der Waals surface area contributed by atoms with Crippen LogP contribution in [0.5, 0.6) is 0 Å². The molecule has 1 aliphatic carbocycles. The van der Waals surface area contributed by atoms with Crippen LogP contribution in [0.1, 0.15) is 37.3 Å². The van der Waals surface area contributed by atoms with Crippen LogP contribution in [-0.4, -0.2) is 42.8 Å². The van der Waals surface area contributed by atoms with Crippen molar-refractivity contribution < 1.29 is 9.50 Å². The van der Waals surface area contributed by atoms with Gasteiger partial charge in [0.05, 0.1) is 6.61 Å². The Kier molecular flexibility index (Phi) is 5.95. The first kappa shape index (κ1) is 15.4. The lowest BCUT2D eigenvalue weighted by Gasteiger charge is -2.38. The van der Waals surface area contributed by atoms with Crippen molar-refractivity contribution in [2.75, 3.05) is 26.7 Å². The summed E-state index contributed by atoms with van der Waals surface area (Å²) in [4.78, 5) is 2.34. The fraction of sp³-hybridized carbons (Fsp3) is 0.625. The second-order valence-corrected chi connectivity index (χ2v) is 5.50. The van der Waals surface area contributed by atoms with Crippen molar-refractivity contribution in [2.45, 2.75) is 37.8 Å². The first-order valence-corrected chi connectivity index (χ1v) is 7.53. The summed E-state index contributed by atoms with van der Waals surface area (Å²) in [5.41, 5.74) is 0.729. The van der Waals surface area contributed by atoms with Crippen molar-refractivity contribution in [2.24, 2.45) is 0 Å². The number of nitrogens with one attached hydrogen (secondary N) is 1. The van der Waals surface area contributed by atoms with Gasteiger partial charge in [-0.15, -0.1) is 0 Å². The van der Waals surface area contributed by atoms with Crippen LogP contribution in [0.4, 0.5) is 4.39 Å². The number of hydrogen-bond acceptors (Lipinski definition) is 3. The van der Waals surface area contributed by atoms with Crippen molar-refractivity contribution in [3.8, 4) is 0 Å². The van der Waals surface area contributed by atoms with Gasteiger partial charge in [-0.2, -0.15) is 0 Å². The first-order valence-electron chi connectivity index (χ1n) is 7.53. The Morgan fingerprint density at radius 1 is 1.35 bits per heavy atom. The molecule has 0 aromatic heterocycles. The molecule has 1 aromatic rings. The van der Waals surface area contributed by atoms with Gasteiger partial charge in [0, 0.05) is 30.7 Å². The third-order valence-electron chi connectivity index (χ3n) is 4.31. The van der Waals surface area contributed by atoms with Crippen LogP contribution >= 0.6 is 0 Å². The summed E-state index contributed by atoms with van der Waals surface area (Å²) in [7, 11) is 1.87. The van der Waals surface area contributed by atoms with E-state index >= 15 is 0 Å². The lowest BCUT2D eigenvalue weighted by Crippen LogP contribution is -2.43. The standard InChI is InChI=1S/C16H25FN2O/c1-18-16(14-7-2-3-8-15(14)17)9-10-19(11-12-20)13-5-4-6-13/h2-3,7-8,13,16,18,20H,4-6,9-12H2,1H3. The van der Waals surface area contributed by atoms with E-state index in [0.29, 0.717) is 6.04 Å². The van der Waals surface area contributed by atoms with Crippen LogP contribution in [-0.2, 0) is 0 Å². The van der Waals surface area contributed by atoms with Crippen LogP contribution in [0.25, 0.3) is 0 Å². The zero-order valence-electron chi connectivity index (χ0n) is 12.2. The molecule has 0 aliphatic heterocycles. The van der Waals surface area contributed by atoms with Gasteiger partial charge < -0.3 is 10.4 Å². The molecule has 1 unspecified atom stereocenters. The average molecular weight is 280 g/mol. The highest BCUT2D eigenvalue weighted by molar-refractivity contribution is 5.21. The predicted molar refractivity (Wildman–Crippen MR) is 79.1 cm³/mol. The van der Waals surface area contributed by atoms with Crippen molar-refractivity contribution in [1.82, 2.24) is 10.2 Å². The van der Waals surface area contributed by atoms with Crippen LogP contribution in [0.2, 0.25) is 0 Å². The van der Waals surface area contributed by atoms with Gasteiger partial charge in [0.2, 0.25) is 0 Å². The van der Waals surface area contributed by atoms with Crippen molar-refractivity contribution in [3.63, 3.8) is 0 Å². The average Bonchev–Trinajstić information content (AvgIpc) is 2.39. The molecule has 1 fully saturated rings. The van der Waals surface area contributed by atoms with Gasteiger partial charge in [0.25, 0.3) is 0 Å². The SMILES string of the molecule is CNC(CCN(CCO)C1CCC1)c1ccccc1F. The zero-order valence-corrected chi connectivity index (χ0v) is 12.2. The Hall–Kier alpha value is -0.970. The zero-order chi connectivity index (χ0) is 14.4.